The summed E-state index contributed by atoms with van der Waals surface area (Å²) in [5, 5.41) is 10.3. The summed E-state index contributed by atoms with van der Waals surface area (Å²) in [5.74, 6) is -0.689. The first-order valence-corrected chi connectivity index (χ1v) is 9.22. The molecule has 0 fully saturated rings. The normalized spacial score (nSPS) is 18.8. The van der Waals surface area contributed by atoms with Gasteiger partial charge in [0.15, 0.2) is 11.5 Å². The Kier molecular flexibility index (Phi) is 6.40. The van der Waals surface area contributed by atoms with E-state index in [2.05, 4.69) is 13.8 Å². The smallest absolute Gasteiger partial charge is 0.290 e. The first kappa shape index (κ1) is 19.2. The summed E-state index contributed by atoms with van der Waals surface area (Å²) >= 11 is 0. The van der Waals surface area contributed by atoms with E-state index in [1.165, 1.54) is 6.92 Å². The van der Waals surface area contributed by atoms with Crippen molar-refractivity contribution < 1.29 is 14.7 Å². The van der Waals surface area contributed by atoms with Gasteiger partial charge in [-0.25, -0.2) is 0 Å². The minimum Gasteiger partial charge on any atom is -0.503 e. The van der Waals surface area contributed by atoms with E-state index in [1.54, 1.807) is 4.90 Å². The highest BCUT2D eigenvalue weighted by Gasteiger charge is 2.42. The van der Waals surface area contributed by atoms with Crippen LogP contribution in [0.3, 0.4) is 0 Å². The average molecular weight is 343 g/mol. The molecule has 1 heterocycles. The highest BCUT2D eigenvalue weighted by Crippen LogP contribution is 2.38. The molecular weight excluding hydrogens is 314 g/mol. The maximum absolute atomic E-state index is 12.7. The van der Waals surface area contributed by atoms with Crippen LogP contribution in [0.5, 0.6) is 0 Å². The number of rotatable bonds is 8. The Bertz CT molecular complexity index is 660. The number of amides is 1. The van der Waals surface area contributed by atoms with Crippen molar-refractivity contribution in [1.82, 2.24) is 4.90 Å². The number of ketones is 1. The Morgan fingerprint density at radius 2 is 1.88 bits per heavy atom. The molecule has 25 heavy (non-hydrogen) atoms. The van der Waals surface area contributed by atoms with Crippen molar-refractivity contribution in [2.45, 2.75) is 59.4 Å². The van der Waals surface area contributed by atoms with E-state index in [9.17, 15) is 14.7 Å². The third kappa shape index (κ3) is 4.12. The maximum atomic E-state index is 12.7. The summed E-state index contributed by atoms with van der Waals surface area (Å²) in [6.07, 6.45) is 4.26. The van der Waals surface area contributed by atoms with Gasteiger partial charge in [-0.15, -0.1) is 0 Å². The Balaban J connectivity index is 2.37. The Morgan fingerprint density at radius 3 is 2.40 bits per heavy atom. The van der Waals surface area contributed by atoms with Crippen LogP contribution in [0.25, 0.3) is 0 Å². The van der Waals surface area contributed by atoms with Crippen molar-refractivity contribution in [3.63, 3.8) is 0 Å². The van der Waals surface area contributed by atoms with E-state index in [-0.39, 0.29) is 17.1 Å². The summed E-state index contributed by atoms with van der Waals surface area (Å²) in [7, 11) is 0. The summed E-state index contributed by atoms with van der Waals surface area (Å²) in [4.78, 5) is 26.5. The second-order valence-corrected chi connectivity index (χ2v) is 7.01. The molecule has 2 atom stereocenters. The number of hydrogen-bond donors (Lipinski definition) is 1. The van der Waals surface area contributed by atoms with E-state index in [1.807, 2.05) is 31.2 Å². The van der Waals surface area contributed by atoms with Crippen molar-refractivity contribution >= 4 is 11.7 Å². The first-order valence-electron chi connectivity index (χ1n) is 9.22. The third-order valence-electron chi connectivity index (χ3n) is 5.07. The molecule has 1 amide bonds. The molecule has 1 N–H and O–H groups in total. The van der Waals surface area contributed by atoms with E-state index < -0.39 is 11.9 Å². The number of Topliss-reactive ketones (excluding diaryl/α,β-unsaturated/α-hetero) is 1. The second kappa shape index (κ2) is 8.32. The lowest BCUT2D eigenvalue weighted by molar-refractivity contribution is -0.130. The molecule has 1 aliphatic heterocycles. The molecule has 0 saturated carbocycles. The van der Waals surface area contributed by atoms with Crippen LogP contribution in [0.4, 0.5) is 0 Å². The number of carbonyl (C=O) groups excluding carboxylic acids is 2. The van der Waals surface area contributed by atoms with Crippen LogP contribution >= 0.6 is 0 Å². The van der Waals surface area contributed by atoms with Gasteiger partial charge in [0, 0.05) is 6.54 Å². The third-order valence-corrected chi connectivity index (χ3v) is 5.07. The molecule has 2 rings (SSSR count). The maximum Gasteiger partial charge on any atom is 0.290 e. The standard InChI is InChI=1S/C21H29NO3/c1-5-7-8-16(6-2)13-22-19(17-11-9-14(3)10-12-17)18(15(4)23)20(24)21(22)25/h9-12,16,19,24H,5-8,13H2,1-4H3. The van der Waals surface area contributed by atoms with E-state index in [4.69, 9.17) is 0 Å². The highest BCUT2D eigenvalue weighted by molar-refractivity contribution is 6.08. The second-order valence-electron chi connectivity index (χ2n) is 7.01. The van der Waals surface area contributed by atoms with Crippen molar-refractivity contribution in [3.05, 3.63) is 46.7 Å². The summed E-state index contributed by atoms with van der Waals surface area (Å²) in [5.41, 5.74) is 2.21. The zero-order chi connectivity index (χ0) is 18.6. The zero-order valence-electron chi connectivity index (χ0n) is 15.7. The van der Waals surface area contributed by atoms with Gasteiger partial charge in [0.2, 0.25) is 0 Å². The summed E-state index contributed by atoms with van der Waals surface area (Å²) in [6, 6.07) is 7.34. The Morgan fingerprint density at radius 1 is 1.24 bits per heavy atom. The van der Waals surface area contributed by atoms with Gasteiger partial charge >= 0.3 is 0 Å². The van der Waals surface area contributed by atoms with E-state index in [0.717, 1.165) is 36.8 Å². The van der Waals surface area contributed by atoms with Crippen LogP contribution in [-0.4, -0.2) is 28.2 Å². The van der Waals surface area contributed by atoms with Crippen LogP contribution in [0.15, 0.2) is 35.6 Å². The molecule has 1 aromatic carbocycles. The van der Waals surface area contributed by atoms with Gasteiger partial charge in [-0.1, -0.05) is 62.9 Å². The van der Waals surface area contributed by atoms with Crippen LogP contribution in [-0.2, 0) is 9.59 Å². The molecule has 136 valence electrons. The van der Waals surface area contributed by atoms with Gasteiger partial charge in [0.1, 0.15) is 0 Å². The predicted molar refractivity (Wildman–Crippen MR) is 99.3 cm³/mol. The number of carbonyl (C=O) groups is 2. The average Bonchev–Trinajstić information content (AvgIpc) is 2.84. The molecule has 0 bridgehead atoms. The van der Waals surface area contributed by atoms with Gasteiger partial charge in [0.25, 0.3) is 5.91 Å². The number of benzene rings is 1. The molecule has 0 aromatic heterocycles. The first-order chi connectivity index (χ1) is 11.9. The van der Waals surface area contributed by atoms with Gasteiger partial charge in [-0.2, -0.15) is 0 Å². The fourth-order valence-corrected chi connectivity index (χ4v) is 3.49. The number of aryl methyl sites for hydroxylation is 1. The van der Waals surface area contributed by atoms with Crippen molar-refractivity contribution in [2.24, 2.45) is 5.92 Å². The van der Waals surface area contributed by atoms with Crippen LogP contribution in [0.2, 0.25) is 0 Å². The quantitative estimate of drug-likeness (QED) is 0.756. The van der Waals surface area contributed by atoms with Crippen molar-refractivity contribution in [2.75, 3.05) is 6.54 Å². The predicted octanol–water partition coefficient (Wildman–Crippen LogP) is 4.50. The molecule has 2 unspecified atom stereocenters. The molecule has 1 aliphatic rings. The lowest BCUT2D eigenvalue weighted by atomic mass is 9.94. The largest absolute Gasteiger partial charge is 0.503 e. The fourth-order valence-electron chi connectivity index (χ4n) is 3.49. The molecule has 0 spiro atoms. The lowest BCUT2D eigenvalue weighted by Crippen LogP contribution is -2.35. The molecule has 4 nitrogen and oxygen atoms in total. The number of hydrogen-bond acceptors (Lipinski definition) is 3. The van der Waals surface area contributed by atoms with Crippen molar-refractivity contribution in [1.29, 1.82) is 0 Å². The molecule has 0 saturated heterocycles. The number of unbranched alkanes of at least 4 members (excludes halogenated alkanes) is 1. The lowest BCUT2D eigenvalue weighted by Gasteiger charge is -2.30. The van der Waals surface area contributed by atoms with Crippen LogP contribution in [0.1, 0.15) is 63.6 Å². The van der Waals surface area contributed by atoms with Gasteiger partial charge in [-0.3, -0.25) is 9.59 Å². The number of nitrogens with zero attached hydrogens (tertiary/aromatic N) is 1. The van der Waals surface area contributed by atoms with Gasteiger partial charge in [-0.05, 0) is 31.7 Å². The summed E-state index contributed by atoms with van der Waals surface area (Å²) < 4.78 is 0. The molecular formula is C21H29NO3. The molecule has 1 aromatic rings. The minimum absolute atomic E-state index is 0.221. The van der Waals surface area contributed by atoms with Gasteiger partial charge in [0.05, 0.1) is 11.6 Å². The number of aliphatic hydroxyl groups is 1. The van der Waals surface area contributed by atoms with Crippen molar-refractivity contribution in [3.8, 4) is 0 Å². The zero-order valence-corrected chi connectivity index (χ0v) is 15.7. The van der Waals surface area contributed by atoms with Crippen LogP contribution in [0, 0.1) is 12.8 Å². The highest BCUT2D eigenvalue weighted by atomic mass is 16.3. The topological polar surface area (TPSA) is 57.6 Å². The Labute approximate surface area is 150 Å². The SMILES string of the molecule is CCCCC(CC)CN1C(=O)C(O)=C(C(C)=O)C1c1ccc(C)cc1. The number of aliphatic hydroxyl groups excluding tert-OH is 1. The van der Waals surface area contributed by atoms with Crippen LogP contribution < -0.4 is 0 Å². The molecule has 4 heteroatoms. The van der Waals surface area contributed by atoms with E-state index >= 15 is 0 Å². The van der Waals surface area contributed by atoms with E-state index in [0.29, 0.717) is 12.5 Å². The molecule has 0 aliphatic carbocycles. The molecule has 0 radical (unpaired) electrons. The monoisotopic (exact) mass is 343 g/mol. The van der Waals surface area contributed by atoms with Gasteiger partial charge < -0.3 is 10.0 Å². The minimum atomic E-state index is -0.485. The summed E-state index contributed by atoms with van der Waals surface area (Å²) in [6.45, 7) is 8.26. The Hall–Kier alpha value is -2.10. The fraction of sp³-hybridized carbons (Fsp3) is 0.524.